The van der Waals surface area contributed by atoms with Crippen LogP contribution in [0.25, 0.3) is 0 Å². The number of methoxy groups -OCH3 is 2. The molecule has 0 heterocycles. The van der Waals surface area contributed by atoms with Crippen LogP contribution in [0.15, 0.2) is 11.6 Å². The van der Waals surface area contributed by atoms with E-state index < -0.39 is 16.8 Å². The van der Waals surface area contributed by atoms with Gasteiger partial charge in [0.15, 0.2) is 0 Å². The van der Waals surface area contributed by atoms with Gasteiger partial charge in [0, 0.05) is 26.2 Å². The lowest BCUT2D eigenvalue weighted by Gasteiger charge is -2.48. The van der Waals surface area contributed by atoms with Crippen molar-refractivity contribution in [3.05, 3.63) is 11.6 Å². The van der Waals surface area contributed by atoms with Gasteiger partial charge in [-0.15, -0.1) is 0 Å². The second-order valence-electron chi connectivity index (χ2n) is 9.94. The fourth-order valence-electron chi connectivity index (χ4n) is 7.24. The quantitative estimate of drug-likeness (QED) is 0.332. The third-order valence-electron chi connectivity index (χ3n) is 8.43. The molecule has 1 N–H and O–H groups in total. The van der Waals surface area contributed by atoms with Crippen LogP contribution in [0.3, 0.4) is 0 Å². The van der Waals surface area contributed by atoms with Crippen molar-refractivity contribution in [1.82, 2.24) is 0 Å². The van der Waals surface area contributed by atoms with Crippen LogP contribution >= 0.6 is 0 Å². The molecular weight excluding hydrogens is 368 g/mol. The Morgan fingerprint density at radius 2 is 2.03 bits per heavy atom. The molecule has 7 unspecified atom stereocenters. The van der Waals surface area contributed by atoms with Gasteiger partial charge in [0.2, 0.25) is 0 Å². The summed E-state index contributed by atoms with van der Waals surface area (Å²) in [5, 5.41) is 10.5. The number of unbranched alkanes of at least 4 members (excludes halogenated alkanes) is 1. The van der Waals surface area contributed by atoms with E-state index in [2.05, 4.69) is 26.8 Å². The molecule has 29 heavy (non-hydrogen) atoms. The van der Waals surface area contributed by atoms with Gasteiger partial charge in [-0.25, -0.2) is 0 Å². The Balaban J connectivity index is 2.01. The Kier molecular flexibility index (Phi) is 6.59. The van der Waals surface area contributed by atoms with Gasteiger partial charge >= 0.3 is 5.97 Å². The van der Waals surface area contributed by atoms with Crippen molar-refractivity contribution >= 4 is 12.3 Å². The van der Waals surface area contributed by atoms with E-state index in [1.54, 1.807) is 14.2 Å². The van der Waals surface area contributed by atoms with Crippen LogP contribution in [0, 0.1) is 40.4 Å². The number of allylic oxidation sites excluding steroid dienone is 1. The molecule has 0 spiro atoms. The Bertz CT molecular complexity index is 656. The number of carboxylic acid groups (broad SMARTS) is 1. The van der Waals surface area contributed by atoms with Gasteiger partial charge in [-0.05, 0) is 61.7 Å². The molecule has 2 saturated carbocycles. The van der Waals surface area contributed by atoms with E-state index in [9.17, 15) is 14.7 Å². The molecule has 5 heteroatoms. The molecule has 0 amide bonds. The summed E-state index contributed by atoms with van der Waals surface area (Å²) >= 11 is 0. The summed E-state index contributed by atoms with van der Waals surface area (Å²) in [4.78, 5) is 25.7. The SMILES string of the molecule is COCCCCC1C(C)C(OC)CC1C1(C=O)CC2C=C(C(C)C)C1(C(=O)O)C2. The number of ether oxygens (including phenoxy) is 2. The summed E-state index contributed by atoms with van der Waals surface area (Å²) in [6.07, 6.45) is 8.33. The molecule has 0 aromatic heterocycles. The minimum Gasteiger partial charge on any atom is -0.481 e. The molecule has 0 aromatic carbocycles. The summed E-state index contributed by atoms with van der Waals surface area (Å²) in [5.74, 6) is 0.182. The predicted molar refractivity (Wildman–Crippen MR) is 111 cm³/mol. The number of hydrogen-bond acceptors (Lipinski definition) is 4. The predicted octanol–water partition coefficient (Wildman–Crippen LogP) is 4.35. The monoisotopic (exact) mass is 406 g/mol. The molecular formula is C24H38O5. The van der Waals surface area contributed by atoms with Gasteiger partial charge in [-0.2, -0.15) is 0 Å². The summed E-state index contributed by atoms with van der Waals surface area (Å²) in [6.45, 7) is 7.07. The molecule has 3 rings (SSSR count). The van der Waals surface area contributed by atoms with Crippen LogP contribution in [-0.2, 0) is 19.1 Å². The third kappa shape index (κ3) is 3.29. The van der Waals surface area contributed by atoms with Crippen LogP contribution in [0.4, 0.5) is 0 Å². The molecule has 0 aliphatic heterocycles. The van der Waals surface area contributed by atoms with E-state index in [0.29, 0.717) is 24.7 Å². The number of rotatable bonds is 10. The highest BCUT2D eigenvalue weighted by molar-refractivity contribution is 5.88. The van der Waals surface area contributed by atoms with Crippen LogP contribution in [0.5, 0.6) is 0 Å². The first-order valence-electron chi connectivity index (χ1n) is 11.2. The molecule has 2 bridgehead atoms. The van der Waals surface area contributed by atoms with Crippen molar-refractivity contribution < 1.29 is 24.2 Å². The molecule has 0 aromatic rings. The molecule has 3 aliphatic rings. The highest BCUT2D eigenvalue weighted by atomic mass is 16.5. The first-order chi connectivity index (χ1) is 13.8. The van der Waals surface area contributed by atoms with Crippen molar-refractivity contribution in [2.45, 2.75) is 65.4 Å². The smallest absolute Gasteiger partial charge is 0.314 e. The Labute approximate surface area is 175 Å². The van der Waals surface area contributed by atoms with Gasteiger partial charge in [0.1, 0.15) is 11.7 Å². The first-order valence-corrected chi connectivity index (χ1v) is 11.2. The van der Waals surface area contributed by atoms with E-state index >= 15 is 0 Å². The van der Waals surface area contributed by atoms with Crippen molar-refractivity contribution in [3.8, 4) is 0 Å². The fraction of sp³-hybridized carbons (Fsp3) is 0.833. The zero-order valence-corrected chi connectivity index (χ0v) is 18.6. The molecule has 7 atom stereocenters. The van der Waals surface area contributed by atoms with Gasteiger partial charge in [0.25, 0.3) is 0 Å². The standard InChI is InChI=1S/C24H38O5/c1-15(2)19-10-17-12-23(14-25,24(19,13-17)22(26)27)20-11-21(29-5)16(3)18(20)8-6-7-9-28-4/h10,14-18,20-21H,6-9,11-13H2,1-5H3,(H,26,27). The number of carbonyl (C=O) groups is 2. The van der Waals surface area contributed by atoms with Crippen LogP contribution in [0.1, 0.15) is 59.3 Å². The van der Waals surface area contributed by atoms with Gasteiger partial charge < -0.3 is 19.4 Å². The summed E-state index contributed by atoms with van der Waals surface area (Å²) in [5.41, 5.74) is -0.906. The third-order valence-corrected chi connectivity index (χ3v) is 8.43. The lowest BCUT2D eigenvalue weighted by molar-refractivity contribution is -0.160. The number of fused-ring (bicyclic) bond motifs is 2. The minimum absolute atomic E-state index is 0.0473. The summed E-state index contributed by atoms with van der Waals surface area (Å²) in [6, 6.07) is 0. The number of carboxylic acids is 1. The average Bonchev–Trinajstić information content (AvgIpc) is 3.34. The molecule has 0 radical (unpaired) electrons. The molecule has 5 nitrogen and oxygen atoms in total. The maximum atomic E-state index is 12.9. The Hall–Kier alpha value is -1.20. The zero-order valence-electron chi connectivity index (χ0n) is 18.6. The van der Waals surface area contributed by atoms with Crippen LogP contribution in [0.2, 0.25) is 0 Å². The maximum absolute atomic E-state index is 12.9. The number of hydrogen-bond donors (Lipinski definition) is 1. The topological polar surface area (TPSA) is 72.8 Å². The zero-order chi connectivity index (χ0) is 21.4. The van der Waals surface area contributed by atoms with Crippen LogP contribution < -0.4 is 0 Å². The Morgan fingerprint density at radius 1 is 1.31 bits per heavy atom. The molecule has 2 fully saturated rings. The van der Waals surface area contributed by atoms with Crippen LogP contribution in [-0.4, -0.2) is 44.3 Å². The van der Waals surface area contributed by atoms with E-state index in [1.807, 2.05) is 0 Å². The van der Waals surface area contributed by atoms with Gasteiger partial charge in [-0.3, -0.25) is 4.79 Å². The molecule has 3 aliphatic carbocycles. The number of carbonyl (C=O) groups excluding carboxylic acids is 1. The average molecular weight is 407 g/mol. The van der Waals surface area contributed by atoms with Crippen molar-refractivity contribution in [3.63, 3.8) is 0 Å². The summed E-state index contributed by atoms with van der Waals surface area (Å²) in [7, 11) is 3.46. The lowest BCUT2D eigenvalue weighted by atomic mass is 9.52. The second kappa shape index (κ2) is 8.50. The van der Waals surface area contributed by atoms with E-state index in [4.69, 9.17) is 9.47 Å². The van der Waals surface area contributed by atoms with Gasteiger partial charge in [0.05, 0.1) is 6.10 Å². The largest absolute Gasteiger partial charge is 0.481 e. The Morgan fingerprint density at radius 3 is 2.59 bits per heavy atom. The number of aliphatic carboxylic acids is 1. The molecule has 0 saturated heterocycles. The minimum atomic E-state index is -1.05. The van der Waals surface area contributed by atoms with E-state index in [1.165, 1.54) is 0 Å². The first kappa shape index (κ1) is 22.5. The fourth-order valence-corrected chi connectivity index (χ4v) is 7.24. The number of aldehydes is 1. The lowest BCUT2D eigenvalue weighted by Crippen LogP contribution is -2.53. The van der Waals surface area contributed by atoms with E-state index in [-0.39, 0.29) is 23.9 Å². The maximum Gasteiger partial charge on any atom is 0.314 e. The highest BCUT2D eigenvalue weighted by Crippen LogP contribution is 2.70. The van der Waals surface area contributed by atoms with Crippen molar-refractivity contribution in [2.75, 3.05) is 20.8 Å². The van der Waals surface area contributed by atoms with Crippen molar-refractivity contribution in [2.24, 2.45) is 40.4 Å². The van der Waals surface area contributed by atoms with Gasteiger partial charge in [-0.1, -0.05) is 38.8 Å². The van der Waals surface area contributed by atoms with Crippen molar-refractivity contribution in [1.29, 1.82) is 0 Å². The summed E-state index contributed by atoms with van der Waals surface area (Å²) < 4.78 is 11.0. The second-order valence-corrected chi connectivity index (χ2v) is 9.94. The molecule has 164 valence electrons. The van der Waals surface area contributed by atoms with E-state index in [0.717, 1.165) is 44.1 Å². The normalized spacial score (nSPS) is 41.2. The highest BCUT2D eigenvalue weighted by Gasteiger charge is 2.71.